The number of rotatable bonds is 11. The van der Waals surface area contributed by atoms with E-state index in [9.17, 15) is 15.0 Å². The molecule has 0 bridgehead atoms. The van der Waals surface area contributed by atoms with Crippen LogP contribution in [0, 0.1) is 16.7 Å². The highest BCUT2D eigenvalue weighted by Crippen LogP contribution is 2.48. The van der Waals surface area contributed by atoms with Gasteiger partial charge in [0.2, 0.25) is 0 Å². The molecule has 232 valence electrons. The second kappa shape index (κ2) is 15.5. The zero-order valence-corrected chi connectivity index (χ0v) is 28.0. The zero-order valence-electron chi connectivity index (χ0n) is 28.0. The molecule has 0 radical (unpaired) electrons. The van der Waals surface area contributed by atoms with Crippen molar-refractivity contribution in [3.05, 3.63) is 125 Å². The van der Waals surface area contributed by atoms with E-state index in [0.717, 1.165) is 17.6 Å². The molecule has 3 heteroatoms. The minimum Gasteiger partial charge on any atom is -0.393 e. The number of aliphatic hydroxyl groups is 2. The van der Waals surface area contributed by atoms with Gasteiger partial charge in [0.05, 0.1) is 11.7 Å². The first-order valence-corrected chi connectivity index (χ1v) is 15.4. The van der Waals surface area contributed by atoms with Crippen LogP contribution in [-0.4, -0.2) is 27.7 Å². The number of hydrogen-bond donors (Lipinski definition) is 2. The van der Waals surface area contributed by atoms with Crippen LogP contribution in [0.3, 0.4) is 0 Å². The van der Waals surface area contributed by atoms with Crippen molar-refractivity contribution in [1.29, 1.82) is 0 Å². The number of carbonyl (C=O) groups is 1. The van der Waals surface area contributed by atoms with E-state index < -0.39 is 17.1 Å². The molecule has 2 rings (SSSR count). The first-order valence-electron chi connectivity index (χ1n) is 15.4. The summed E-state index contributed by atoms with van der Waals surface area (Å²) in [5.41, 5.74) is 7.49. The quantitative estimate of drug-likeness (QED) is 0.110. The van der Waals surface area contributed by atoms with E-state index in [2.05, 4.69) is 89.5 Å². The molecule has 0 heterocycles. The maximum absolute atomic E-state index is 12.9. The van der Waals surface area contributed by atoms with Gasteiger partial charge < -0.3 is 10.2 Å². The first kappa shape index (κ1) is 36.0. The highest BCUT2D eigenvalue weighted by Gasteiger charge is 2.51. The van der Waals surface area contributed by atoms with Crippen LogP contribution < -0.4 is 0 Å². The van der Waals surface area contributed by atoms with Crippen molar-refractivity contribution in [3.63, 3.8) is 0 Å². The largest absolute Gasteiger partial charge is 0.393 e. The van der Waals surface area contributed by atoms with Gasteiger partial charge in [0.1, 0.15) is 0 Å². The van der Waals surface area contributed by atoms with Gasteiger partial charge in [-0.1, -0.05) is 124 Å². The van der Waals surface area contributed by atoms with Crippen molar-refractivity contribution in [2.75, 3.05) is 0 Å². The fourth-order valence-corrected chi connectivity index (χ4v) is 5.80. The fourth-order valence-electron chi connectivity index (χ4n) is 5.80. The summed E-state index contributed by atoms with van der Waals surface area (Å²) in [6.45, 7) is 22.5. The third kappa shape index (κ3) is 10.5. The Balaban J connectivity index is 1.91. The number of aliphatic hydroxyl groups excluding tert-OH is 1. The Labute approximate surface area is 261 Å². The predicted octanol–water partition coefficient (Wildman–Crippen LogP) is 9.57. The van der Waals surface area contributed by atoms with Crippen LogP contribution in [0.4, 0.5) is 0 Å². The molecule has 0 saturated heterocycles. The summed E-state index contributed by atoms with van der Waals surface area (Å²) in [6, 6.07) is 0. The smallest absolute Gasteiger partial charge is 0.161 e. The molecular formula is C40H54O3. The van der Waals surface area contributed by atoms with Crippen LogP contribution >= 0.6 is 0 Å². The molecule has 0 aromatic carbocycles. The number of carbonyl (C=O) groups excluding carboxylic acids is 1. The number of Topliss-reactive ketones (excluding diaryl/α,β-unsaturated/α-hetero) is 1. The van der Waals surface area contributed by atoms with Gasteiger partial charge in [-0.15, -0.1) is 5.73 Å². The van der Waals surface area contributed by atoms with Gasteiger partial charge >= 0.3 is 0 Å². The van der Waals surface area contributed by atoms with Gasteiger partial charge in [-0.3, -0.25) is 4.79 Å². The van der Waals surface area contributed by atoms with Crippen molar-refractivity contribution in [2.24, 2.45) is 16.7 Å². The number of hydrogen-bond acceptors (Lipinski definition) is 3. The van der Waals surface area contributed by atoms with Crippen LogP contribution in [0.2, 0.25) is 0 Å². The summed E-state index contributed by atoms with van der Waals surface area (Å²) < 4.78 is 0. The first-order chi connectivity index (χ1) is 20.0. The van der Waals surface area contributed by atoms with Crippen molar-refractivity contribution >= 4 is 5.78 Å². The highest BCUT2D eigenvalue weighted by molar-refractivity contribution is 5.96. The molecule has 0 aromatic rings. The lowest BCUT2D eigenvalue weighted by atomic mass is 9.60. The summed E-state index contributed by atoms with van der Waals surface area (Å²) in [4.78, 5) is 12.9. The molecule has 0 spiro atoms. The summed E-state index contributed by atoms with van der Waals surface area (Å²) in [6.07, 6.45) is 27.9. The lowest BCUT2D eigenvalue weighted by Gasteiger charge is -2.49. The minimum atomic E-state index is -1.32. The van der Waals surface area contributed by atoms with E-state index in [4.69, 9.17) is 0 Å². The molecule has 2 N–H and O–H groups in total. The molecule has 0 amide bonds. The van der Waals surface area contributed by atoms with Gasteiger partial charge in [0.15, 0.2) is 5.78 Å². The van der Waals surface area contributed by atoms with E-state index in [1.165, 1.54) is 11.1 Å². The third-order valence-electron chi connectivity index (χ3n) is 8.86. The Morgan fingerprint density at radius 3 is 2.02 bits per heavy atom. The number of allylic oxidation sites excluding steroid dienone is 17. The van der Waals surface area contributed by atoms with Crippen LogP contribution in [0.25, 0.3) is 0 Å². The molecule has 3 nitrogen and oxygen atoms in total. The summed E-state index contributed by atoms with van der Waals surface area (Å²) >= 11 is 0. The SMILES string of the molecule is C=C1C[C@@H](O)CC(C)(C)[C@@]1(O)CC(=O)/C(C)=C/C=C/C(C)=C/C=C/C=C(C)/C=C/C=C(C)/C=C/[C@H]1C(C)=C=CCC1(C)C. The molecule has 0 unspecified atom stereocenters. The predicted molar refractivity (Wildman–Crippen MR) is 183 cm³/mol. The van der Waals surface area contributed by atoms with Crippen LogP contribution in [0.1, 0.15) is 88.0 Å². The van der Waals surface area contributed by atoms with E-state index in [1.807, 2.05) is 51.2 Å². The molecule has 0 aromatic heterocycles. The molecule has 3 atom stereocenters. The lowest BCUT2D eigenvalue weighted by molar-refractivity contribution is -0.130. The molecule has 43 heavy (non-hydrogen) atoms. The normalized spacial score (nSPS) is 27.2. The van der Waals surface area contributed by atoms with Crippen molar-refractivity contribution < 1.29 is 15.0 Å². The van der Waals surface area contributed by atoms with Crippen LogP contribution in [0.5, 0.6) is 0 Å². The second-order valence-electron chi connectivity index (χ2n) is 13.8. The highest BCUT2D eigenvalue weighted by atomic mass is 16.3. The number of ketones is 1. The van der Waals surface area contributed by atoms with Gasteiger partial charge in [0, 0.05) is 17.8 Å². The van der Waals surface area contributed by atoms with Crippen molar-refractivity contribution in [2.45, 2.75) is 99.7 Å². The van der Waals surface area contributed by atoms with Gasteiger partial charge in [-0.05, 0) is 82.1 Å². The van der Waals surface area contributed by atoms with Crippen molar-refractivity contribution in [1.82, 2.24) is 0 Å². The van der Waals surface area contributed by atoms with Gasteiger partial charge in [-0.2, -0.15) is 0 Å². The molecule has 1 saturated carbocycles. The van der Waals surface area contributed by atoms with Crippen LogP contribution in [-0.2, 0) is 4.79 Å². The average Bonchev–Trinajstić information content (AvgIpc) is 2.89. The van der Waals surface area contributed by atoms with E-state index in [0.29, 0.717) is 29.9 Å². The Bertz CT molecular complexity index is 1360. The second-order valence-corrected chi connectivity index (χ2v) is 13.8. The van der Waals surface area contributed by atoms with Crippen molar-refractivity contribution in [3.8, 4) is 0 Å². The molecular weight excluding hydrogens is 528 g/mol. The molecule has 2 aliphatic rings. The maximum Gasteiger partial charge on any atom is 0.161 e. The van der Waals surface area contributed by atoms with E-state index >= 15 is 0 Å². The summed E-state index contributed by atoms with van der Waals surface area (Å²) in [5.74, 6) is 0.294. The summed E-state index contributed by atoms with van der Waals surface area (Å²) in [5, 5.41) is 21.4. The van der Waals surface area contributed by atoms with E-state index in [-0.39, 0.29) is 17.6 Å². The Kier molecular flexibility index (Phi) is 12.9. The lowest BCUT2D eigenvalue weighted by Crippen LogP contribution is -2.53. The monoisotopic (exact) mass is 582 g/mol. The topological polar surface area (TPSA) is 57.5 Å². The fraction of sp³-hybridized carbons (Fsp3) is 0.450. The zero-order chi connectivity index (χ0) is 32.4. The standard InChI is InChI=1S/C40H54O3/c1-29(18-13-19-31(3)23-24-36-32(4)22-15-25-38(36,7)8)16-11-12-17-30(2)20-14-21-33(5)37(42)28-40(43)34(6)26-35(41)27-39(40,9)10/h11-21,23-24,35-36,41,43H,6,25-28H2,1-5,7-10H3/b12-11+,18-13+,20-14+,24-23+,29-16+,30-17+,31-19+,33-21+/t35-,36+,40-/m1/s1. The van der Waals surface area contributed by atoms with Gasteiger partial charge in [-0.25, -0.2) is 0 Å². The Morgan fingerprint density at radius 1 is 0.930 bits per heavy atom. The molecule has 2 aliphatic carbocycles. The minimum absolute atomic E-state index is 0.0284. The van der Waals surface area contributed by atoms with Gasteiger partial charge in [0.25, 0.3) is 0 Å². The van der Waals surface area contributed by atoms with E-state index in [1.54, 1.807) is 13.0 Å². The maximum atomic E-state index is 12.9. The summed E-state index contributed by atoms with van der Waals surface area (Å²) in [7, 11) is 0. The Morgan fingerprint density at radius 2 is 1.47 bits per heavy atom. The molecule has 0 aliphatic heterocycles. The third-order valence-corrected chi connectivity index (χ3v) is 8.86. The Hall–Kier alpha value is -3.23. The molecule has 1 fully saturated rings. The van der Waals surface area contributed by atoms with Crippen LogP contribution in [0.15, 0.2) is 125 Å². The average molecular weight is 583 g/mol.